The van der Waals surface area contributed by atoms with Gasteiger partial charge in [0.25, 0.3) is 0 Å². The average Bonchev–Trinajstić information content (AvgIpc) is 2.25. The Morgan fingerprint density at radius 3 is 2.83 bits per heavy atom. The van der Waals surface area contributed by atoms with Crippen LogP contribution < -0.4 is 5.32 Å². The predicted octanol–water partition coefficient (Wildman–Crippen LogP) is 2.33. The Bertz CT molecular complexity index is 471. The number of rotatable bonds is 5. The number of halogens is 1. The molecule has 0 aromatic heterocycles. The highest BCUT2D eigenvalue weighted by Crippen LogP contribution is 2.11. The van der Waals surface area contributed by atoms with Gasteiger partial charge in [0.2, 0.25) is 5.91 Å². The van der Waals surface area contributed by atoms with Crippen LogP contribution >= 0.6 is 11.6 Å². The van der Waals surface area contributed by atoms with Gasteiger partial charge in [-0.3, -0.25) is 9.59 Å². The first-order valence-corrected chi connectivity index (χ1v) is 5.81. The number of benzene rings is 1. The van der Waals surface area contributed by atoms with Crippen molar-refractivity contribution in [3.05, 3.63) is 40.9 Å². The van der Waals surface area contributed by atoms with Gasteiger partial charge in [0.15, 0.2) is 0 Å². The van der Waals surface area contributed by atoms with Crippen LogP contribution in [0.15, 0.2) is 30.3 Å². The van der Waals surface area contributed by atoms with Crippen molar-refractivity contribution >= 4 is 29.6 Å². The van der Waals surface area contributed by atoms with Crippen LogP contribution in [-0.4, -0.2) is 23.0 Å². The quantitative estimate of drug-likeness (QED) is 0.805. The van der Waals surface area contributed by atoms with E-state index >= 15 is 0 Å². The first-order valence-electron chi connectivity index (χ1n) is 5.43. The molecule has 0 aliphatic heterocycles. The Balaban J connectivity index is 2.52. The van der Waals surface area contributed by atoms with E-state index in [0.29, 0.717) is 5.02 Å². The number of aliphatic carboxylic acids is 1. The van der Waals surface area contributed by atoms with E-state index in [0.717, 1.165) is 5.56 Å². The van der Waals surface area contributed by atoms with E-state index in [2.05, 4.69) is 5.32 Å². The summed E-state index contributed by atoms with van der Waals surface area (Å²) < 4.78 is 0. The molecule has 1 unspecified atom stereocenters. The van der Waals surface area contributed by atoms with Crippen LogP contribution in [-0.2, 0) is 9.59 Å². The van der Waals surface area contributed by atoms with Crippen LogP contribution in [0.4, 0.5) is 0 Å². The summed E-state index contributed by atoms with van der Waals surface area (Å²) in [5, 5.41) is 11.7. The van der Waals surface area contributed by atoms with E-state index in [1.54, 1.807) is 31.2 Å². The zero-order valence-corrected chi connectivity index (χ0v) is 10.6. The molecule has 0 fully saturated rings. The fourth-order valence-electron chi connectivity index (χ4n) is 1.39. The number of hydrogen-bond acceptors (Lipinski definition) is 2. The molecular weight excluding hydrogens is 254 g/mol. The van der Waals surface area contributed by atoms with Gasteiger partial charge in [-0.2, -0.15) is 0 Å². The number of carboxylic acids is 1. The Morgan fingerprint density at radius 2 is 2.22 bits per heavy atom. The first kappa shape index (κ1) is 14.3. The van der Waals surface area contributed by atoms with Crippen LogP contribution in [0.1, 0.15) is 18.9 Å². The number of amides is 1. The minimum atomic E-state index is -0.943. The second kappa shape index (κ2) is 6.81. The molecule has 0 saturated heterocycles. The van der Waals surface area contributed by atoms with Gasteiger partial charge in [0.1, 0.15) is 0 Å². The van der Waals surface area contributed by atoms with Gasteiger partial charge in [-0.25, -0.2) is 0 Å². The normalized spacial score (nSPS) is 12.3. The molecule has 0 spiro atoms. The lowest BCUT2D eigenvalue weighted by Crippen LogP contribution is -2.32. The molecule has 0 heterocycles. The van der Waals surface area contributed by atoms with Gasteiger partial charge >= 0.3 is 5.97 Å². The maximum atomic E-state index is 11.5. The number of hydrogen-bond donors (Lipinski definition) is 2. The van der Waals surface area contributed by atoms with Crippen molar-refractivity contribution in [2.75, 3.05) is 0 Å². The van der Waals surface area contributed by atoms with E-state index in [-0.39, 0.29) is 12.3 Å². The van der Waals surface area contributed by atoms with Crippen LogP contribution in [0.25, 0.3) is 6.08 Å². The van der Waals surface area contributed by atoms with Crippen molar-refractivity contribution in [3.63, 3.8) is 0 Å². The minimum absolute atomic E-state index is 0.100. The lowest BCUT2D eigenvalue weighted by molar-refractivity contribution is -0.137. The summed E-state index contributed by atoms with van der Waals surface area (Å²) in [6, 6.07) is 6.67. The van der Waals surface area contributed by atoms with Crippen molar-refractivity contribution in [1.29, 1.82) is 0 Å². The van der Waals surface area contributed by atoms with Crippen molar-refractivity contribution in [1.82, 2.24) is 5.32 Å². The van der Waals surface area contributed by atoms with Crippen molar-refractivity contribution in [2.24, 2.45) is 0 Å². The SMILES string of the molecule is CC(CC(=O)O)NC(=O)/C=C/c1cccc(Cl)c1. The van der Waals surface area contributed by atoms with Crippen LogP contribution in [0.2, 0.25) is 5.02 Å². The molecule has 0 radical (unpaired) electrons. The Labute approximate surface area is 110 Å². The second-order valence-electron chi connectivity index (χ2n) is 3.90. The molecule has 1 aromatic carbocycles. The van der Waals surface area contributed by atoms with E-state index in [1.165, 1.54) is 6.08 Å². The molecule has 0 aliphatic rings. The minimum Gasteiger partial charge on any atom is -0.481 e. The van der Waals surface area contributed by atoms with Crippen LogP contribution in [0.3, 0.4) is 0 Å². The molecule has 5 heteroatoms. The first-order chi connectivity index (χ1) is 8.47. The van der Waals surface area contributed by atoms with Crippen molar-refractivity contribution in [3.8, 4) is 0 Å². The molecule has 1 atom stereocenters. The lowest BCUT2D eigenvalue weighted by Gasteiger charge is -2.08. The molecule has 1 rings (SSSR count). The van der Waals surface area contributed by atoms with Crippen LogP contribution in [0, 0.1) is 0 Å². The lowest BCUT2D eigenvalue weighted by atomic mass is 10.2. The largest absolute Gasteiger partial charge is 0.481 e. The van der Waals surface area contributed by atoms with E-state index in [9.17, 15) is 9.59 Å². The maximum absolute atomic E-state index is 11.5. The Kier molecular flexibility index (Phi) is 5.39. The van der Waals surface area contributed by atoms with Gasteiger partial charge < -0.3 is 10.4 Å². The number of carboxylic acid groups (broad SMARTS) is 1. The summed E-state index contributed by atoms with van der Waals surface area (Å²) >= 11 is 5.80. The fourth-order valence-corrected chi connectivity index (χ4v) is 1.58. The highest BCUT2D eigenvalue weighted by atomic mass is 35.5. The monoisotopic (exact) mass is 267 g/mol. The van der Waals surface area contributed by atoms with Crippen molar-refractivity contribution in [2.45, 2.75) is 19.4 Å². The van der Waals surface area contributed by atoms with Gasteiger partial charge in [-0.05, 0) is 30.7 Å². The standard InChI is InChI=1S/C13H14ClNO3/c1-9(7-13(17)18)15-12(16)6-5-10-3-2-4-11(14)8-10/h2-6,8-9H,7H2,1H3,(H,15,16)(H,17,18)/b6-5+. The van der Waals surface area contributed by atoms with E-state index in [4.69, 9.17) is 16.7 Å². The summed E-state index contributed by atoms with van der Waals surface area (Å²) in [4.78, 5) is 21.9. The molecular formula is C13H14ClNO3. The summed E-state index contributed by atoms with van der Waals surface area (Å²) in [5.74, 6) is -1.27. The van der Waals surface area contributed by atoms with Gasteiger partial charge in [0, 0.05) is 17.1 Å². The van der Waals surface area contributed by atoms with Gasteiger partial charge in [0.05, 0.1) is 6.42 Å². The third-order valence-electron chi connectivity index (χ3n) is 2.15. The highest BCUT2D eigenvalue weighted by molar-refractivity contribution is 6.30. The third-order valence-corrected chi connectivity index (χ3v) is 2.38. The maximum Gasteiger partial charge on any atom is 0.305 e. The zero-order valence-electron chi connectivity index (χ0n) is 9.89. The molecule has 1 amide bonds. The summed E-state index contributed by atoms with van der Waals surface area (Å²) in [5.41, 5.74) is 0.809. The molecule has 0 aliphatic carbocycles. The number of carbonyl (C=O) groups is 2. The highest BCUT2D eigenvalue weighted by Gasteiger charge is 2.08. The summed E-state index contributed by atoms with van der Waals surface area (Å²) in [7, 11) is 0. The summed E-state index contributed by atoms with van der Waals surface area (Å²) in [6.07, 6.45) is 2.87. The van der Waals surface area contributed by atoms with E-state index < -0.39 is 12.0 Å². The van der Waals surface area contributed by atoms with Crippen LogP contribution in [0.5, 0.6) is 0 Å². The molecule has 2 N–H and O–H groups in total. The molecule has 0 bridgehead atoms. The topological polar surface area (TPSA) is 66.4 Å². The second-order valence-corrected chi connectivity index (χ2v) is 4.33. The predicted molar refractivity (Wildman–Crippen MR) is 70.3 cm³/mol. The van der Waals surface area contributed by atoms with E-state index in [1.807, 2.05) is 6.07 Å². The van der Waals surface area contributed by atoms with Crippen molar-refractivity contribution < 1.29 is 14.7 Å². The zero-order chi connectivity index (χ0) is 13.5. The number of nitrogens with one attached hydrogen (secondary N) is 1. The third kappa shape index (κ3) is 5.50. The van der Waals surface area contributed by atoms with Gasteiger partial charge in [-0.15, -0.1) is 0 Å². The number of carbonyl (C=O) groups excluding carboxylic acids is 1. The molecule has 4 nitrogen and oxygen atoms in total. The fraction of sp³-hybridized carbons (Fsp3) is 0.231. The molecule has 1 aromatic rings. The average molecular weight is 268 g/mol. The summed E-state index contributed by atoms with van der Waals surface area (Å²) in [6.45, 7) is 1.64. The molecule has 96 valence electrons. The molecule has 18 heavy (non-hydrogen) atoms. The Morgan fingerprint density at radius 1 is 1.50 bits per heavy atom. The smallest absolute Gasteiger partial charge is 0.305 e. The molecule has 0 saturated carbocycles. The Hall–Kier alpha value is -1.81. The van der Waals surface area contributed by atoms with Gasteiger partial charge in [-0.1, -0.05) is 23.7 Å².